The maximum atomic E-state index is 12.1. The maximum absolute atomic E-state index is 12.1. The number of ether oxygens (including phenoxy) is 2. The Morgan fingerprint density at radius 2 is 0.930 bits per heavy atom. The zero-order valence-electron chi connectivity index (χ0n) is 28.2. The van der Waals surface area contributed by atoms with Gasteiger partial charge in [-0.15, -0.1) is 0 Å². The summed E-state index contributed by atoms with van der Waals surface area (Å²) in [6, 6.07) is 0. The summed E-state index contributed by atoms with van der Waals surface area (Å²) in [6.07, 6.45) is 30.5. The molecule has 0 saturated heterocycles. The van der Waals surface area contributed by atoms with Crippen LogP contribution < -0.4 is 0 Å². The molecule has 0 saturated carbocycles. The first-order valence-corrected chi connectivity index (χ1v) is 19.1. The van der Waals surface area contributed by atoms with Crippen LogP contribution in [0.3, 0.4) is 0 Å². The standard InChI is InChI=1S/C36H68O6S/c1-3-4-5-6-7-8-9-13-17-20-23-26-29-36(40)42-34(31-37)32-41-35(39)28-25-22-19-16-14-11-10-12-15-18-21-24-27-30-43-33(2)38/h34,37H,3-32H2,1-2H3/t34-/m0/s1. The van der Waals surface area contributed by atoms with E-state index in [-0.39, 0.29) is 30.3 Å². The largest absolute Gasteiger partial charge is 0.462 e. The Labute approximate surface area is 269 Å². The van der Waals surface area contributed by atoms with E-state index in [9.17, 15) is 19.5 Å². The number of unbranched alkanes of at least 4 members (excludes halogenated alkanes) is 23. The lowest BCUT2D eigenvalue weighted by Crippen LogP contribution is -2.28. The van der Waals surface area contributed by atoms with E-state index in [1.165, 1.54) is 127 Å². The van der Waals surface area contributed by atoms with Gasteiger partial charge in [-0.25, -0.2) is 0 Å². The number of carbonyl (C=O) groups excluding carboxylic acids is 3. The quantitative estimate of drug-likeness (QED) is 0.0571. The van der Waals surface area contributed by atoms with Gasteiger partial charge < -0.3 is 14.6 Å². The molecule has 0 fully saturated rings. The highest BCUT2D eigenvalue weighted by molar-refractivity contribution is 8.13. The minimum atomic E-state index is -0.773. The maximum Gasteiger partial charge on any atom is 0.306 e. The first kappa shape index (κ1) is 41.9. The van der Waals surface area contributed by atoms with Crippen molar-refractivity contribution >= 4 is 28.8 Å². The molecule has 0 aliphatic carbocycles. The fraction of sp³-hybridized carbons (Fsp3) is 0.917. The van der Waals surface area contributed by atoms with Gasteiger partial charge in [0.2, 0.25) is 0 Å². The van der Waals surface area contributed by atoms with Crippen LogP contribution in [0.4, 0.5) is 0 Å². The van der Waals surface area contributed by atoms with E-state index >= 15 is 0 Å². The van der Waals surface area contributed by atoms with Gasteiger partial charge in [-0.3, -0.25) is 14.4 Å². The van der Waals surface area contributed by atoms with Crippen molar-refractivity contribution in [3.05, 3.63) is 0 Å². The monoisotopic (exact) mass is 628 g/mol. The van der Waals surface area contributed by atoms with E-state index in [0.717, 1.165) is 50.7 Å². The number of hydrogen-bond acceptors (Lipinski definition) is 7. The topological polar surface area (TPSA) is 89.9 Å². The molecule has 0 spiro atoms. The number of aliphatic hydroxyl groups is 1. The van der Waals surface area contributed by atoms with Crippen molar-refractivity contribution in [1.82, 2.24) is 0 Å². The smallest absolute Gasteiger partial charge is 0.306 e. The van der Waals surface area contributed by atoms with Gasteiger partial charge in [0.05, 0.1) is 6.61 Å². The number of hydrogen-bond donors (Lipinski definition) is 1. The lowest BCUT2D eigenvalue weighted by atomic mass is 10.0. The third-order valence-corrected chi connectivity index (χ3v) is 8.90. The summed E-state index contributed by atoms with van der Waals surface area (Å²) in [4.78, 5) is 35.0. The van der Waals surface area contributed by atoms with E-state index in [0.29, 0.717) is 12.8 Å². The molecule has 6 nitrogen and oxygen atoms in total. The Bertz CT molecular complexity index is 641. The molecule has 0 heterocycles. The van der Waals surface area contributed by atoms with E-state index in [1.807, 2.05) is 0 Å². The van der Waals surface area contributed by atoms with Gasteiger partial charge in [-0.05, 0) is 19.3 Å². The predicted octanol–water partition coefficient (Wildman–Crippen LogP) is 10.3. The zero-order chi connectivity index (χ0) is 31.6. The second-order valence-corrected chi connectivity index (χ2v) is 13.6. The molecular formula is C36H68O6S. The molecule has 254 valence electrons. The molecule has 0 amide bonds. The summed E-state index contributed by atoms with van der Waals surface area (Å²) in [5.41, 5.74) is 0. The van der Waals surface area contributed by atoms with Crippen LogP contribution in [0.2, 0.25) is 0 Å². The van der Waals surface area contributed by atoms with Crippen LogP contribution in [-0.4, -0.2) is 47.2 Å². The lowest BCUT2D eigenvalue weighted by molar-refractivity contribution is -0.161. The van der Waals surface area contributed by atoms with Gasteiger partial charge in [0.15, 0.2) is 11.2 Å². The molecule has 43 heavy (non-hydrogen) atoms. The summed E-state index contributed by atoms with van der Waals surface area (Å²) >= 11 is 1.44. The van der Waals surface area contributed by atoms with E-state index in [1.54, 1.807) is 6.92 Å². The van der Waals surface area contributed by atoms with Gasteiger partial charge in [0.25, 0.3) is 0 Å². The Hall–Kier alpha value is -1.08. The van der Waals surface area contributed by atoms with Crippen molar-refractivity contribution < 1.29 is 29.0 Å². The molecule has 1 N–H and O–H groups in total. The van der Waals surface area contributed by atoms with Gasteiger partial charge in [-0.1, -0.05) is 160 Å². The van der Waals surface area contributed by atoms with Crippen molar-refractivity contribution in [1.29, 1.82) is 0 Å². The number of rotatable bonds is 33. The molecule has 7 heteroatoms. The summed E-state index contributed by atoms with van der Waals surface area (Å²) in [6.45, 7) is 3.48. The predicted molar refractivity (Wildman–Crippen MR) is 181 cm³/mol. The van der Waals surface area contributed by atoms with Crippen LogP contribution in [-0.2, 0) is 23.9 Å². The molecule has 0 aliphatic heterocycles. The Morgan fingerprint density at radius 1 is 0.558 bits per heavy atom. The summed E-state index contributed by atoms with van der Waals surface area (Å²) in [5.74, 6) is 0.365. The highest BCUT2D eigenvalue weighted by Gasteiger charge is 2.16. The van der Waals surface area contributed by atoms with E-state index in [4.69, 9.17) is 9.47 Å². The second-order valence-electron chi connectivity index (χ2n) is 12.3. The zero-order valence-corrected chi connectivity index (χ0v) is 29.0. The summed E-state index contributed by atoms with van der Waals surface area (Å²) in [5, 5.41) is 9.74. The van der Waals surface area contributed by atoms with Crippen LogP contribution in [0.1, 0.15) is 187 Å². The van der Waals surface area contributed by atoms with Crippen LogP contribution >= 0.6 is 11.8 Å². The molecule has 0 aromatic rings. The lowest BCUT2D eigenvalue weighted by Gasteiger charge is -2.15. The minimum Gasteiger partial charge on any atom is -0.462 e. The summed E-state index contributed by atoms with van der Waals surface area (Å²) < 4.78 is 10.6. The third kappa shape index (κ3) is 33.6. The molecule has 0 rings (SSSR count). The highest BCUT2D eigenvalue weighted by Crippen LogP contribution is 2.15. The van der Waals surface area contributed by atoms with Crippen LogP contribution in [0.25, 0.3) is 0 Å². The normalized spacial score (nSPS) is 11.9. The van der Waals surface area contributed by atoms with Gasteiger partial charge >= 0.3 is 11.9 Å². The molecule has 1 atom stereocenters. The molecule has 0 radical (unpaired) electrons. The fourth-order valence-electron chi connectivity index (χ4n) is 5.27. The van der Waals surface area contributed by atoms with Gasteiger partial charge in [0, 0.05) is 25.5 Å². The number of thioether (sulfide) groups is 1. The van der Waals surface area contributed by atoms with Crippen LogP contribution in [0.5, 0.6) is 0 Å². The van der Waals surface area contributed by atoms with Crippen molar-refractivity contribution in [2.45, 2.75) is 193 Å². The van der Waals surface area contributed by atoms with Gasteiger partial charge in [0.1, 0.15) is 6.61 Å². The number of esters is 2. The SMILES string of the molecule is CCCCCCCCCCCCCCC(=O)O[C@@H](CO)COC(=O)CCCCCCCCCCCCCCCSC(C)=O. The first-order valence-electron chi connectivity index (χ1n) is 18.1. The molecule has 0 bridgehead atoms. The highest BCUT2D eigenvalue weighted by atomic mass is 32.2. The van der Waals surface area contributed by atoms with Crippen molar-refractivity contribution in [3.8, 4) is 0 Å². The Morgan fingerprint density at radius 3 is 1.33 bits per heavy atom. The van der Waals surface area contributed by atoms with Crippen LogP contribution in [0.15, 0.2) is 0 Å². The molecule has 0 aliphatic rings. The average molecular weight is 629 g/mol. The minimum absolute atomic E-state index is 0.0710. The van der Waals surface area contributed by atoms with Gasteiger partial charge in [-0.2, -0.15) is 0 Å². The molecule has 0 aromatic carbocycles. The first-order chi connectivity index (χ1) is 21.0. The van der Waals surface area contributed by atoms with E-state index < -0.39 is 6.10 Å². The second kappa shape index (κ2) is 33.8. The molecular weight excluding hydrogens is 560 g/mol. The molecule has 0 unspecified atom stereocenters. The van der Waals surface area contributed by atoms with Crippen molar-refractivity contribution in [3.63, 3.8) is 0 Å². The Kier molecular flexibility index (Phi) is 33.0. The number of aliphatic hydroxyl groups excluding tert-OH is 1. The average Bonchev–Trinajstić information content (AvgIpc) is 2.99. The van der Waals surface area contributed by atoms with Crippen molar-refractivity contribution in [2.24, 2.45) is 0 Å². The Balaban J connectivity index is 3.50. The molecule has 0 aromatic heterocycles. The summed E-state index contributed by atoms with van der Waals surface area (Å²) in [7, 11) is 0. The van der Waals surface area contributed by atoms with E-state index in [2.05, 4.69) is 6.92 Å². The van der Waals surface area contributed by atoms with Crippen LogP contribution in [0, 0.1) is 0 Å². The van der Waals surface area contributed by atoms with Crippen molar-refractivity contribution in [2.75, 3.05) is 19.0 Å². The number of carbonyl (C=O) groups is 3. The fourth-order valence-corrected chi connectivity index (χ4v) is 5.90. The third-order valence-electron chi connectivity index (χ3n) is 8.00.